The van der Waals surface area contributed by atoms with Crippen LogP contribution in [0.15, 0.2) is 48.8 Å². The highest BCUT2D eigenvalue weighted by atomic mass is 32.1. The molecule has 172 valence electrons. The number of hydrogen-bond acceptors (Lipinski definition) is 6. The first-order valence-electron chi connectivity index (χ1n) is 11.8. The number of aromatic nitrogens is 3. The van der Waals surface area contributed by atoms with Gasteiger partial charge in [0, 0.05) is 16.1 Å². The Labute approximate surface area is 208 Å². The van der Waals surface area contributed by atoms with Crippen molar-refractivity contribution < 1.29 is 0 Å². The minimum Gasteiger partial charge on any atom is -0.340 e. The molecule has 34 heavy (non-hydrogen) atoms. The van der Waals surface area contributed by atoms with E-state index >= 15 is 0 Å². The number of aryl methyl sites for hydroxylation is 2. The molecule has 5 aromatic rings. The SMILES string of the molecule is Cc1ccc2nc(-c3ccc(Nc4ncnc5sc6c(c45)CCC(C(C)(C)C)C6)cc3)sc2c1. The van der Waals surface area contributed by atoms with Crippen molar-refractivity contribution in [2.45, 2.75) is 47.0 Å². The standard InChI is InChI=1S/C28H28N4S2/c1-16-5-12-21-23(13-16)34-26(32-21)17-6-9-19(10-7-17)31-25-24-20-11-8-18(28(2,3)4)14-22(20)33-27(24)30-15-29-25/h5-7,9-10,12-13,15,18H,8,11,14H2,1-4H3,(H,29,30,31). The molecule has 0 aliphatic heterocycles. The van der Waals surface area contributed by atoms with Crippen LogP contribution >= 0.6 is 22.7 Å². The van der Waals surface area contributed by atoms with Crippen LogP contribution < -0.4 is 5.32 Å². The van der Waals surface area contributed by atoms with Crippen molar-refractivity contribution in [2.24, 2.45) is 11.3 Å². The number of benzene rings is 2. The van der Waals surface area contributed by atoms with E-state index in [0.717, 1.165) is 51.2 Å². The molecule has 0 amide bonds. The molecule has 4 nitrogen and oxygen atoms in total. The number of fused-ring (bicyclic) bond motifs is 4. The van der Waals surface area contributed by atoms with Gasteiger partial charge in [-0.05, 0) is 85.0 Å². The summed E-state index contributed by atoms with van der Waals surface area (Å²) in [6, 6.07) is 15.0. The molecule has 0 saturated heterocycles. The summed E-state index contributed by atoms with van der Waals surface area (Å²) in [5, 5.41) is 5.84. The van der Waals surface area contributed by atoms with Gasteiger partial charge in [0.25, 0.3) is 0 Å². The first-order chi connectivity index (χ1) is 16.3. The topological polar surface area (TPSA) is 50.7 Å². The normalized spacial score (nSPS) is 16.2. The molecule has 2 aromatic carbocycles. The monoisotopic (exact) mass is 484 g/mol. The van der Waals surface area contributed by atoms with Crippen LogP contribution in [0.4, 0.5) is 11.5 Å². The van der Waals surface area contributed by atoms with Crippen LogP contribution in [-0.4, -0.2) is 15.0 Å². The predicted octanol–water partition coefficient (Wildman–Crippen LogP) is 8.17. The molecule has 1 unspecified atom stereocenters. The van der Waals surface area contributed by atoms with Crippen molar-refractivity contribution in [3.05, 3.63) is 64.8 Å². The second kappa shape index (κ2) is 8.14. The number of thiophene rings is 1. The summed E-state index contributed by atoms with van der Waals surface area (Å²) < 4.78 is 1.23. The van der Waals surface area contributed by atoms with Crippen molar-refractivity contribution in [1.82, 2.24) is 15.0 Å². The lowest BCUT2D eigenvalue weighted by atomic mass is 9.72. The Morgan fingerprint density at radius 1 is 1.00 bits per heavy atom. The highest BCUT2D eigenvalue weighted by molar-refractivity contribution is 7.21. The Bertz CT molecular complexity index is 1510. The number of thiazole rings is 1. The van der Waals surface area contributed by atoms with E-state index in [1.165, 1.54) is 32.5 Å². The fourth-order valence-corrected chi connectivity index (χ4v) is 7.27. The number of nitrogens with one attached hydrogen (secondary N) is 1. The van der Waals surface area contributed by atoms with Crippen molar-refractivity contribution in [3.63, 3.8) is 0 Å². The lowest BCUT2D eigenvalue weighted by molar-refractivity contribution is 0.218. The quantitative estimate of drug-likeness (QED) is 0.280. The summed E-state index contributed by atoms with van der Waals surface area (Å²) in [5.74, 6) is 1.64. The minimum atomic E-state index is 0.338. The van der Waals surface area contributed by atoms with Crippen LogP contribution in [0.1, 0.15) is 43.2 Å². The molecule has 3 aromatic heterocycles. The Kier molecular flexibility index (Phi) is 5.19. The average molecular weight is 485 g/mol. The molecule has 1 atom stereocenters. The third-order valence-corrected chi connectivity index (χ3v) is 9.24. The highest BCUT2D eigenvalue weighted by Crippen LogP contribution is 2.44. The summed E-state index contributed by atoms with van der Waals surface area (Å²) in [5.41, 5.74) is 6.28. The molecular weight excluding hydrogens is 456 g/mol. The molecule has 1 aliphatic carbocycles. The van der Waals surface area contributed by atoms with Gasteiger partial charge < -0.3 is 5.32 Å². The van der Waals surface area contributed by atoms with E-state index in [2.05, 4.69) is 85.4 Å². The van der Waals surface area contributed by atoms with Gasteiger partial charge in [0.15, 0.2) is 0 Å². The number of rotatable bonds is 3. The van der Waals surface area contributed by atoms with Crippen molar-refractivity contribution in [1.29, 1.82) is 0 Å². The second-order valence-electron chi connectivity index (χ2n) is 10.4. The van der Waals surface area contributed by atoms with E-state index in [0.29, 0.717) is 5.41 Å². The van der Waals surface area contributed by atoms with Crippen LogP contribution in [0.5, 0.6) is 0 Å². The maximum absolute atomic E-state index is 4.82. The van der Waals surface area contributed by atoms with Gasteiger partial charge in [-0.1, -0.05) is 26.8 Å². The van der Waals surface area contributed by atoms with Crippen molar-refractivity contribution >= 4 is 54.6 Å². The van der Waals surface area contributed by atoms with Gasteiger partial charge in [-0.2, -0.15) is 0 Å². The van der Waals surface area contributed by atoms with Crippen LogP contribution in [0, 0.1) is 18.3 Å². The summed E-state index contributed by atoms with van der Waals surface area (Å²) in [4.78, 5) is 16.7. The molecule has 0 radical (unpaired) electrons. The van der Waals surface area contributed by atoms with Gasteiger partial charge in [0.05, 0.1) is 15.6 Å². The lowest BCUT2D eigenvalue weighted by Crippen LogP contribution is -2.26. The molecule has 1 N–H and O–H groups in total. The molecular formula is C28H28N4S2. The van der Waals surface area contributed by atoms with E-state index in [-0.39, 0.29) is 0 Å². The lowest BCUT2D eigenvalue weighted by Gasteiger charge is -2.33. The fraction of sp³-hybridized carbons (Fsp3) is 0.321. The van der Waals surface area contributed by atoms with Gasteiger partial charge in [0.1, 0.15) is 22.0 Å². The third-order valence-electron chi connectivity index (χ3n) is 7.01. The van der Waals surface area contributed by atoms with Gasteiger partial charge in [0.2, 0.25) is 0 Å². The molecule has 0 bridgehead atoms. The first-order valence-corrected chi connectivity index (χ1v) is 13.5. The first kappa shape index (κ1) is 21.7. The number of hydrogen-bond donors (Lipinski definition) is 1. The van der Waals surface area contributed by atoms with E-state index in [1.54, 1.807) is 17.7 Å². The largest absolute Gasteiger partial charge is 0.340 e. The Hall–Kier alpha value is -2.83. The average Bonchev–Trinajstić information content (AvgIpc) is 3.40. The van der Waals surface area contributed by atoms with Crippen molar-refractivity contribution in [3.8, 4) is 10.6 Å². The summed E-state index contributed by atoms with van der Waals surface area (Å²) in [6.07, 6.45) is 5.17. The molecule has 6 heteroatoms. The maximum atomic E-state index is 4.82. The van der Waals surface area contributed by atoms with Gasteiger partial charge in [-0.25, -0.2) is 15.0 Å². The highest BCUT2D eigenvalue weighted by Gasteiger charge is 2.31. The zero-order valence-electron chi connectivity index (χ0n) is 20.0. The van der Waals surface area contributed by atoms with E-state index in [4.69, 9.17) is 4.98 Å². The zero-order chi connectivity index (χ0) is 23.4. The fourth-order valence-electron chi connectivity index (χ4n) is 4.93. The van der Waals surface area contributed by atoms with Gasteiger partial charge >= 0.3 is 0 Å². The second-order valence-corrected chi connectivity index (χ2v) is 12.5. The molecule has 0 spiro atoms. The van der Waals surface area contributed by atoms with E-state index in [1.807, 2.05) is 11.3 Å². The van der Waals surface area contributed by atoms with Gasteiger partial charge in [-0.3, -0.25) is 0 Å². The van der Waals surface area contributed by atoms with Crippen LogP contribution in [-0.2, 0) is 12.8 Å². The van der Waals surface area contributed by atoms with E-state index < -0.39 is 0 Å². The minimum absolute atomic E-state index is 0.338. The van der Waals surface area contributed by atoms with Crippen LogP contribution in [0.25, 0.3) is 31.0 Å². The Balaban J connectivity index is 1.29. The maximum Gasteiger partial charge on any atom is 0.142 e. The molecule has 0 fully saturated rings. The smallest absolute Gasteiger partial charge is 0.142 e. The molecule has 6 rings (SSSR count). The molecule has 1 aliphatic rings. The molecule has 0 saturated carbocycles. The van der Waals surface area contributed by atoms with Gasteiger partial charge in [-0.15, -0.1) is 22.7 Å². The molecule has 3 heterocycles. The van der Waals surface area contributed by atoms with Crippen molar-refractivity contribution in [2.75, 3.05) is 5.32 Å². The Morgan fingerprint density at radius 2 is 1.82 bits per heavy atom. The predicted molar refractivity (Wildman–Crippen MR) is 145 cm³/mol. The summed E-state index contributed by atoms with van der Waals surface area (Å²) in [7, 11) is 0. The number of anilines is 2. The third kappa shape index (κ3) is 3.89. The summed E-state index contributed by atoms with van der Waals surface area (Å²) in [6.45, 7) is 9.21. The van der Waals surface area contributed by atoms with E-state index in [9.17, 15) is 0 Å². The zero-order valence-corrected chi connectivity index (χ0v) is 21.6. The Morgan fingerprint density at radius 3 is 2.62 bits per heavy atom. The van der Waals surface area contributed by atoms with Crippen LogP contribution in [0.3, 0.4) is 0 Å². The summed E-state index contributed by atoms with van der Waals surface area (Å²) >= 11 is 3.59. The number of nitrogens with zero attached hydrogens (tertiary/aromatic N) is 3. The van der Waals surface area contributed by atoms with Crippen LogP contribution in [0.2, 0.25) is 0 Å².